The highest BCUT2D eigenvalue weighted by Crippen LogP contribution is 2.18. The highest BCUT2D eigenvalue weighted by molar-refractivity contribution is 9.10. The molecule has 0 aliphatic carbocycles. The predicted octanol–water partition coefficient (Wildman–Crippen LogP) is 3.84. The van der Waals surface area contributed by atoms with Crippen molar-refractivity contribution in [1.29, 1.82) is 0 Å². The van der Waals surface area contributed by atoms with Gasteiger partial charge < -0.3 is 15.2 Å². The summed E-state index contributed by atoms with van der Waals surface area (Å²) in [5.41, 5.74) is 0.928. The molecule has 3 aromatic rings. The van der Waals surface area contributed by atoms with Crippen molar-refractivity contribution in [3.8, 4) is 0 Å². The molecule has 1 aromatic carbocycles. The average molecular weight is 388 g/mol. The van der Waals surface area contributed by atoms with Crippen LogP contribution in [0.3, 0.4) is 0 Å². The highest BCUT2D eigenvalue weighted by atomic mass is 79.9. The minimum absolute atomic E-state index is 0.255. The van der Waals surface area contributed by atoms with Gasteiger partial charge in [-0.25, -0.2) is 9.97 Å². The zero-order valence-electron chi connectivity index (χ0n) is 13.0. The van der Waals surface area contributed by atoms with E-state index >= 15 is 0 Å². The first-order chi connectivity index (χ1) is 11.5. The van der Waals surface area contributed by atoms with E-state index in [9.17, 15) is 4.79 Å². The Balaban J connectivity index is 1.81. The molecular formula is C16H14BrN5O2. The third kappa shape index (κ3) is 3.96. The van der Waals surface area contributed by atoms with Crippen LogP contribution in [-0.4, -0.2) is 21.0 Å². The Morgan fingerprint density at radius 2 is 1.96 bits per heavy atom. The molecule has 2 N–H and O–H groups in total. The van der Waals surface area contributed by atoms with E-state index in [-0.39, 0.29) is 11.6 Å². The number of carbonyl (C=O) groups excluding carboxylic acids is 1. The lowest BCUT2D eigenvalue weighted by Gasteiger charge is -2.08. The van der Waals surface area contributed by atoms with Crippen LogP contribution in [0.1, 0.15) is 22.1 Å². The van der Waals surface area contributed by atoms with Gasteiger partial charge in [0.25, 0.3) is 5.91 Å². The Kier molecular flexibility index (Phi) is 4.57. The molecule has 1 amide bonds. The standard InChI is InChI=1S/C16H14BrN5O2/c1-9-6-15(22-24-9)21-14-8-13(18-10(2)19-14)16(23)20-12-5-3-4-11(17)7-12/h3-8H,1-2H3,(H,20,23)(H,18,19,21,22). The zero-order chi connectivity index (χ0) is 17.1. The van der Waals surface area contributed by atoms with Crippen molar-refractivity contribution in [2.75, 3.05) is 10.6 Å². The van der Waals surface area contributed by atoms with Gasteiger partial charge >= 0.3 is 0 Å². The summed E-state index contributed by atoms with van der Waals surface area (Å²) in [6.45, 7) is 3.51. The lowest BCUT2D eigenvalue weighted by atomic mass is 10.3. The topological polar surface area (TPSA) is 92.9 Å². The number of aromatic nitrogens is 3. The van der Waals surface area contributed by atoms with Crippen LogP contribution in [0.2, 0.25) is 0 Å². The van der Waals surface area contributed by atoms with Crippen molar-refractivity contribution in [3.05, 3.63) is 58.1 Å². The molecule has 0 aliphatic rings. The van der Waals surface area contributed by atoms with Gasteiger partial charge in [-0.3, -0.25) is 4.79 Å². The van der Waals surface area contributed by atoms with Gasteiger partial charge in [0, 0.05) is 22.3 Å². The molecular weight excluding hydrogens is 374 g/mol. The SMILES string of the molecule is Cc1nc(Nc2cc(C)on2)cc(C(=O)Nc2cccc(Br)c2)n1. The lowest BCUT2D eigenvalue weighted by molar-refractivity contribution is 0.102. The molecule has 122 valence electrons. The summed E-state index contributed by atoms with van der Waals surface area (Å²) < 4.78 is 5.87. The molecule has 0 atom stereocenters. The Labute approximate surface area is 146 Å². The number of anilines is 3. The van der Waals surface area contributed by atoms with E-state index in [1.807, 2.05) is 18.2 Å². The van der Waals surface area contributed by atoms with Crippen molar-refractivity contribution >= 4 is 39.2 Å². The largest absolute Gasteiger partial charge is 0.360 e. The Morgan fingerprint density at radius 3 is 2.67 bits per heavy atom. The Morgan fingerprint density at radius 1 is 1.12 bits per heavy atom. The van der Waals surface area contributed by atoms with Crippen LogP contribution in [0.4, 0.5) is 17.3 Å². The molecule has 0 radical (unpaired) electrons. The molecule has 2 heterocycles. The van der Waals surface area contributed by atoms with E-state index in [4.69, 9.17) is 4.52 Å². The van der Waals surface area contributed by atoms with E-state index in [2.05, 4.69) is 41.7 Å². The second kappa shape index (κ2) is 6.79. The number of carbonyl (C=O) groups is 1. The number of hydrogen-bond acceptors (Lipinski definition) is 6. The predicted molar refractivity (Wildman–Crippen MR) is 93.4 cm³/mol. The minimum atomic E-state index is -0.321. The summed E-state index contributed by atoms with van der Waals surface area (Å²) in [6.07, 6.45) is 0. The second-order valence-electron chi connectivity index (χ2n) is 5.10. The first-order valence-corrected chi connectivity index (χ1v) is 7.92. The van der Waals surface area contributed by atoms with E-state index in [1.165, 1.54) is 0 Å². The Hall–Kier alpha value is -2.74. The van der Waals surface area contributed by atoms with Crippen LogP contribution in [-0.2, 0) is 0 Å². The molecule has 24 heavy (non-hydrogen) atoms. The number of nitrogens with one attached hydrogen (secondary N) is 2. The van der Waals surface area contributed by atoms with Gasteiger partial charge in [0.2, 0.25) is 0 Å². The van der Waals surface area contributed by atoms with Gasteiger partial charge in [-0.2, -0.15) is 0 Å². The quantitative estimate of drug-likeness (QED) is 0.706. The fourth-order valence-electron chi connectivity index (χ4n) is 2.07. The fourth-order valence-corrected chi connectivity index (χ4v) is 2.47. The fraction of sp³-hybridized carbons (Fsp3) is 0.125. The van der Waals surface area contributed by atoms with E-state index < -0.39 is 0 Å². The molecule has 0 fully saturated rings. The molecule has 8 heteroatoms. The van der Waals surface area contributed by atoms with Crippen LogP contribution in [0, 0.1) is 13.8 Å². The van der Waals surface area contributed by atoms with Gasteiger partial charge in [-0.05, 0) is 32.0 Å². The van der Waals surface area contributed by atoms with E-state index in [0.29, 0.717) is 28.9 Å². The Bertz CT molecular complexity index is 894. The van der Waals surface area contributed by atoms with Crippen LogP contribution >= 0.6 is 15.9 Å². The number of amides is 1. The first kappa shape index (κ1) is 16.1. The van der Waals surface area contributed by atoms with Gasteiger partial charge in [0.1, 0.15) is 23.1 Å². The summed E-state index contributed by atoms with van der Waals surface area (Å²) in [5.74, 6) is 1.81. The summed E-state index contributed by atoms with van der Waals surface area (Å²) in [5, 5.41) is 9.63. The number of hydrogen-bond donors (Lipinski definition) is 2. The molecule has 0 unspecified atom stereocenters. The molecule has 0 bridgehead atoms. The number of nitrogens with zero attached hydrogens (tertiary/aromatic N) is 3. The maximum Gasteiger partial charge on any atom is 0.274 e. The molecule has 2 aromatic heterocycles. The monoisotopic (exact) mass is 387 g/mol. The number of benzene rings is 1. The summed E-state index contributed by atoms with van der Waals surface area (Å²) >= 11 is 3.37. The van der Waals surface area contributed by atoms with Gasteiger partial charge in [-0.15, -0.1) is 0 Å². The van der Waals surface area contributed by atoms with Crippen molar-refractivity contribution in [2.24, 2.45) is 0 Å². The molecule has 0 aliphatic heterocycles. The lowest BCUT2D eigenvalue weighted by Crippen LogP contribution is -2.15. The summed E-state index contributed by atoms with van der Waals surface area (Å²) in [7, 11) is 0. The van der Waals surface area contributed by atoms with Gasteiger partial charge in [0.05, 0.1) is 0 Å². The van der Waals surface area contributed by atoms with Crippen molar-refractivity contribution < 1.29 is 9.32 Å². The molecule has 0 saturated heterocycles. The average Bonchev–Trinajstić information content (AvgIpc) is 2.91. The minimum Gasteiger partial charge on any atom is -0.360 e. The summed E-state index contributed by atoms with van der Waals surface area (Å²) in [6, 6.07) is 10.6. The number of aryl methyl sites for hydroxylation is 2. The first-order valence-electron chi connectivity index (χ1n) is 7.12. The van der Waals surface area contributed by atoms with Crippen LogP contribution in [0.15, 0.2) is 45.4 Å². The van der Waals surface area contributed by atoms with Gasteiger partial charge in [-0.1, -0.05) is 27.2 Å². The molecule has 0 spiro atoms. The molecule has 3 rings (SSSR count). The van der Waals surface area contributed by atoms with Crippen molar-refractivity contribution in [2.45, 2.75) is 13.8 Å². The maximum absolute atomic E-state index is 12.4. The zero-order valence-corrected chi connectivity index (χ0v) is 14.6. The second-order valence-corrected chi connectivity index (χ2v) is 6.01. The third-order valence-corrected chi connectivity index (χ3v) is 3.53. The normalized spacial score (nSPS) is 10.5. The van der Waals surface area contributed by atoms with Crippen LogP contribution in [0.5, 0.6) is 0 Å². The highest BCUT2D eigenvalue weighted by Gasteiger charge is 2.12. The third-order valence-electron chi connectivity index (χ3n) is 3.04. The molecule has 7 nitrogen and oxygen atoms in total. The molecule has 0 saturated carbocycles. The smallest absolute Gasteiger partial charge is 0.274 e. The van der Waals surface area contributed by atoms with E-state index in [0.717, 1.165) is 4.47 Å². The van der Waals surface area contributed by atoms with Crippen LogP contribution in [0.25, 0.3) is 0 Å². The number of halogens is 1. The van der Waals surface area contributed by atoms with E-state index in [1.54, 1.807) is 32.0 Å². The van der Waals surface area contributed by atoms with Gasteiger partial charge in [0.15, 0.2) is 5.82 Å². The van der Waals surface area contributed by atoms with Crippen molar-refractivity contribution in [3.63, 3.8) is 0 Å². The summed E-state index contributed by atoms with van der Waals surface area (Å²) in [4.78, 5) is 20.8. The van der Waals surface area contributed by atoms with Crippen molar-refractivity contribution in [1.82, 2.24) is 15.1 Å². The van der Waals surface area contributed by atoms with Crippen LogP contribution < -0.4 is 10.6 Å². The maximum atomic E-state index is 12.4. The number of rotatable bonds is 4.